The second-order valence-corrected chi connectivity index (χ2v) is 2.24. The Morgan fingerprint density at radius 1 is 1.75 bits per heavy atom. The van der Waals surface area contributed by atoms with E-state index in [0.717, 1.165) is 0 Å². The Balaban J connectivity index is 2.95. The Labute approximate surface area is 69.9 Å². The molecule has 1 aromatic rings. The van der Waals surface area contributed by atoms with Crippen molar-refractivity contribution in [2.45, 2.75) is 6.92 Å². The van der Waals surface area contributed by atoms with E-state index in [1.165, 1.54) is 19.3 Å². The van der Waals surface area contributed by atoms with Crippen LogP contribution in [0, 0.1) is 11.3 Å². The minimum absolute atomic E-state index is 0.102. The maximum absolute atomic E-state index is 10.8. The third-order valence-corrected chi connectivity index (χ3v) is 1.33. The van der Waals surface area contributed by atoms with Crippen LogP contribution in [0.3, 0.4) is 0 Å². The summed E-state index contributed by atoms with van der Waals surface area (Å²) in [6.45, 7) is 1.35. The van der Waals surface area contributed by atoms with Gasteiger partial charge in [0.05, 0.1) is 11.8 Å². The molecule has 0 amide bonds. The summed E-state index contributed by atoms with van der Waals surface area (Å²) in [5.74, 6) is 0.260. The van der Waals surface area contributed by atoms with Gasteiger partial charge in [0.2, 0.25) is 0 Å². The van der Waals surface area contributed by atoms with E-state index in [4.69, 9.17) is 9.68 Å². The Kier molecular flexibility index (Phi) is 2.44. The van der Waals surface area contributed by atoms with E-state index in [2.05, 4.69) is 0 Å². The van der Waals surface area contributed by atoms with Gasteiger partial charge < -0.3 is 4.42 Å². The molecule has 0 aliphatic rings. The van der Waals surface area contributed by atoms with Gasteiger partial charge in [-0.15, -0.1) is 0 Å². The molecule has 3 nitrogen and oxygen atoms in total. The average Bonchev–Trinajstić information content (AvgIpc) is 2.51. The number of nitrogens with zero attached hydrogens (tertiary/aromatic N) is 1. The van der Waals surface area contributed by atoms with Gasteiger partial charge in [-0.1, -0.05) is 0 Å². The van der Waals surface area contributed by atoms with Gasteiger partial charge in [0, 0.05) is 6.08 Å². The van der Waals surface area contributed by atoms with Crippen LogP contribution in [0.15, 0.2) is 28.4 Å². The number of allylic oxidation sites excluding steroid dienone is 1. The summed E-state index contributed by atoms with van der Waals surface area (Å²) >= 11 is 0. The maximum atomic E-state index is 10.8. The summed E-state index contributed by atoms with van der Waals surface area (Å²) in [6, 6.07) is 5.17. The third-order valence-electron chi connectivity index (χ3n) is 1.33. The highest BCUT2D eigenvalue weighted by atomic mass is 16.3. The number of ketones is 1. The summed E-state index contributed by atoms with van der Waals surface area (Å²) in [6.07, 6.45) is 2.91. The minimum Gasteiger partial charge on any atom is -0.465 e. The fourth-order valence-electron chi connectivity index (χ4n) is 0.728. The highest BCUT2D eigenvalue weighted by Gasteiger charge is 2.02. The van der Waals surface area contributed by atoms with Crippen molar-refractivity contribution in [2.24, 2.45) is 0 Å². The lowest BCUT2D eigenvalue weighted by molar-refractivity contribution is -0.113. The molecule has 60 valence electrons. The SMILES string of the molecule is CC(=O)/C(C#N)=C/c1ccco1. The van der Waals surface area contributed by atoms with Crippen molar-refractivity contribution < 1.29 is 9.21 Å². The molecule has 0 unspecified atom stereocenters. The van der Waals surface area contributed by atoms with Gasteiger partial charge in [0.1, 0.15) is 11.8 Å². The molecule has 0 spiro atoms. The van der Waals surface area contributed by atoms with Gasteiger partial charge >= 0.3 is 0 Å². The van der Waals surface area contributed by atoms with Crippen LogP contribution in [0.2, 0.25) is 0 Å². The van der Waals surface area contributed by atoms with Crippen molar-refractivity contribution in [1.29, 1.82) is 5.26 Å². The van der Waals surface area contributed by atoms with Crippen molar-refractivity contribution in [3.05, 3.63) is 29.7 Å². The number of carbonyl (C=O) groups excluding carboxylic acids is 1. The minimum atomic E-state index is -0.256. The molecule has 0 fully saturated rings. The van der Waals surface area contributed by atoms with Crippen molar-refractivity contribution >= 4 is 11.9 Å². The van der Waals surface area contributed by atoms with Crippen LogP contribution < -0.4 is 0 Å². The average molecular weight is 161 g/mol. The summed E-state index contributed by atoms with van der Waals surface area (Å²) in [5.41, 5.74) is 0.102. The molecule has 0 aliphatic heterocycles. The number of Topliss-reactive ketones (excluding diaryl/α,β-unsaturated/α-hetero) is 1. The fraction of sp³-hybridized carbons (Fsp3) is 0.111. The van der Waals surface area contributed by atoms with Crippen molar-refractivity contribution in [3.8, 4) is 6.07 Å². The Hall–Kier alpha value is -1.82. The zero-order valence-electron chi connectivity index (χ0n) is 6.57. The number of hydrogen-bond acceptors (Lipinski definition) is 3. The zero-order valence-corrected chi connectivity index (χ0v) is 6.57. The van der Waals surface area contributed by atoms with Crippen molar-refractivity contribution in [1.82, 2.24) is 0 Å². The standard InChI is InChI=1S/C9H7NO2/c1-7(11)8(6-10)5-9-3-2-4-12-9/h2-5H,1H3/b8-5+. The zero-order chi connectivity index (χ0) is 8.97. The number of rotatable bonds is 2. The topological polar surface area (TPSA) is 54.0 Å². The Morgan fingerprint density at radius 2 is 2.50 bits per heavy atom. The molecular weight excluding hydrogens is 154 g/mol. The van der Waals surface area contributed by atoms with Gasteiger partial charge in [-0.25, -0.2) is 0 Å². The maximum Gasteiger partial charge on any atom is 0.170 e. The van der Waals surface area contributed by atoms with Crippen LogP contribution in [0.5, 0.6) is 0 Å². The summed E-state index contributed by atoms with van der Waals surface area (Å²) < 4.78 is 4.94. The van der Waals surface area contributed by atoms with Gasteiger partial charge in [0.25, 0.3) is 0 Å². The number of nitriles is 1. The van der Waals surface area contributed by atoms with E-state index in [0.29, 0.717) is 5.76 Å². The molecule has 0 radical (unpaired) electrons. The van der Waals surface area contributed by atoms with Gasteiger partial charge in [-0.2, -0.15) is 5.26 Å². The molecule has 12 heavy (non-hydrogen) atoms. The molecule has 0 aromatic carbocycles. The Bertz CT molecular complexity index is 341. The van der Waals surface area contributed by atoms with Gasteiger partial charge in [0.15, 0.2) is 5.78 Å². The first-order chi connectivity index (χ1) is 5.74. The lowest BCUT2D eigenvalue weighted by atomic mass is 10.2. The molecule has 3 heteroatoms. The summed E-state index contributed by atoms with van der Waals surface area (Å²) in [4.78, 5) is 10.8. The molecule has 1 aromatic heterocycles. The first-order valence-electron chi connectivity index (χ1n) is 3.40. The highest BCUT2D eigenvalue weighted by Crippen LogP contribution is 2.07. The Morgan fingerprint density at radius 3 is 2.92 bits per heavy atom. The predicted octanol–water partition coefficient (Wildman–Crippen LogP) is 1.78. The molecule has 0 bridgehead atoms. The summed E-state index contributed by atoms with van der Waals surface area (Å²) in [7, 11) is 0. The van der Waals surface area contributed by atoms with Crippen LogP contribution in [0.4, 0.5) is 0 Å². The van der Waals surface area contributed by atoms with E-state index in [1.807, 2.05) is 0 Å². The van der Waals surface area contributed by atoms with Crippen LogP contribution in [-0.4, -0.2) is 5.78 Å². The van der Waals surface area contributed by atoms with Crippen LogP contribution in [0.25, 0.3) is 6.08 Å². The highest BCUT2D eigenvalue weighted by molar-refractivity contribution is 6.01. The molecule has 1 heterocycles. The number of hydrogen-bond donors (Lipinski definition) is 0. The lowest BCUT2D eigenvalue weighted by Gasteiger charge is -1.87. The van der Waals surface area contributed by atoms with Crippen LogP contribution in [-0.2, 0) is 4.79 Å². The van der Waals surface area contributed by atoms with E-state index in [1.54, 1.807) is 18.2 Å². The molecule has 0 saturated heterocycles. The van der Waals surface area contributed by atoms with Gasteiger partial charge in [-0.3, -0.25) is 4.79 Å². The molecular formula is C9H7NO2. The predicted molar refractivity (Wildman–Crippen MR) is 43.0 cm³/mol. The van der Waals surface area contributed by atoms with Gasteiger partial charge in [-0.05, 0) is 19.1 Å². The van der Waals surface area contributed by atoms with E-state index >= 15 is 0 Å². The normalized spacial score (nSPS) is 10.8. The van der Waals surface area contributed by atoms with Crippen molar-refractivity contribution in [2.75, 3.05) is 0 Å². The second kappa shape index (κ2) is 3.54. The van der Waals surface area contributed by atoms with Crippen molar-refractivity contribution in [3.63, 3.8) is 0 Å². The van der Waals surface area contributed by atoms with E-state index < -0.39 is 0 Å². The molecule has 0 N–H and O–H groups in total. The summed E-state index contributed by atoms with van der Waals surface area (Å²) in [5, 5.41) is 8.51. The monoisotopic (exact) mass is 161 g/mol. The quantitative estimate of drug-likeness (QED) is 0.490. The lowest BCUT2D eigenvalue weighted by Crippen LogP contribution is -1.92. The van der Waals surface area contributed by atoms with Crippen LogP contribution in [0.1, 0.15) is 12.7 Å². The van der Waals surface area contributed by atoms with E-state index in [9.17, 15) is 4.79 Å². The molecule has 0 saturated carbocycles. The number of furan rings is 1. The molecule has 0 atom stereocenters. The number of carbonyl (C=O) groups is 1. The fourth-order valence-corrected chi connectivity index (χ4v) is 0.728. The smallest absolute Gasteiger partial charge is 0.170 e. The van der Waals surface area contributed by atoms with Crippen LogP contribution >= 0.6 is 0 Å². The second-order valence-electron chi connectivity index (χ2n) is 2.24. The first-order valence-corrected chi connectivity index (χ1v) is 3.40. The largest absolute Gasteiger partial charge is 0.465 e. The first kappa shape index (κ1) is 8.28. The van der Waals surface area contributed by atoms with E-state index in [-0.39, 0.29) is 11.4 Å². The third kappa shape index (κ3) is 1.83. The molecule has 0 aliphatic carbocycles. The molecule has 1 rings (SSSR count).